The highest BCUT2D eigenvalue weighted by Gasteiger charge is 2.30. The van der Waals surface area contributed by atoms with E-state index in [9.17, 15) is 14.9 Å². The van der Waals surface area contributed by atoms with Crippen molar-refractivity contribution >= 4 is 17.6 Å². The summed E-state index contributed by atoms with van der Waals surface area (Å²) in [5.41, 5.74) is 4.91. The monoisotopic (exact) mass is 433 g/mol. The summed E-state index contributed by atoms with van der Waals surface area (Å²) in [4.78, 5) is 32.8. The van der Waals surface area contributed by atoms with Crippen molar-refractivity contribution in [3.8, 4) is 17.3 Å². The van der Waals surface area contributed by atoms with E-state index in [-0.39, 0.29) is 13.2 Å². The van der Waals surface area contributed by atoms with Crippen LogP contribution < -0.4 is 10.2 Å². The molecule has 2 N–H and O–H groups in total. The number of nitriles is 1. The molecule has 1 aromatic heterocycles. The first-order valence-corrected chi connectivity index (χ1v) is 11.1. The summed E-state index contributed by atoms with van der Waals surface area (Å²) in [6, 6.07) is 12.5. The lowest BCUT2D eigenvalue weighted by Crippen LogP contribution is -2.53. The van der Waals surface area contributed by atoms with Gasteiger partial charge in [-0.25, -0.2) is 4.98 Å². The minimum Gasteiger partial charge on any atom is -0.395 e. The fourth-order valence-corrected chi connectivity index (χ4v) is 4.50. The van der Waals surface area contributed by atoms with Gasteiger partial charge in [0.05, 0.1) is 17.9 Å². The number of amides is 2. The number of anilines is 1. The molecule has 1 fully saturated rings. The molecular weight excluding hydrogens is 406 g/mol. The molecule has 0 bridgehead atoms. The first kappa shape index (κ1) is 21.8. The number of benzene rings is 1. The van der Waals surface area contributed by atoms with Crippen LogP contribution in [0.25, 0.3) is 11.3 Å². The summed E-state index contributed by atoms with van der Waals surface area (Å²) in [5.74, 6) is -0.630. The van der Waals surface area contributed by atoms with Crippen LogP contribution >= 0.6 is 0 Å². The first-order valence-electron chi connectivity index (χ1n) is 11.1. The standard InChI is InChI=1S/C24H27N5O3/c25-16-20-18-8-4-5-9-19(18)21(17-6-2-1-3-7-17)27-22(20)28-11-13-29(14-12-28)24(32)23(31)26-10-15-30/h1-3,6-7,30H,4-5,8-15H2,(H,26,31). The lowest BCUT2D eigenvalue weighted by molar-refractivity contribution is -0.146. The lowest BCUT2D eigenvalue weighted by Gasteiger charge is -2.36. The molecule has 1 aromatic carbocycles. The molecule has 0 saturated carbocycles. The van der Waals surface area contributed by atoms with Crippen LogP contribution in [-0.4, -0.2) is 66.1 Å². The minimum atomic E-state index is -0.705. The molecule has 1 saturated heterocycles. The summed E-state index contributed by atoms with van der Waals surface area (Å²) in [6.07, 6.45) is 3.95. The highest BCUT2D eigenvalue weighted by atomic mass is 16.3. The van der Waals surface area contributed by atoms with Gasteiger partial charge in [0.1, 0.15) is 11.9 Å². The van der Waals surface area contributed by atoms with Gasteiger partial charge in [-0.05, 0) is 36.8 Å². The SMILES string of the molecule is N#Cc1c(N2CCN(C(=O)C(=O)NCCO)CC2)nc(-c2ccccc2)c2c1CCCC2. The number of rotatable bonds is 4. The number of hydrogen-bond acceptors (Lipinski definition) is 6. The second-order valence-electron chi connectivity index (χ2n) is 8.06. The van der Waals surface area contributed by atoms with Gasteiger partial charge in [0.2, 0.25) is 0 Å². The van der Waals surface area contributed by atoms with Crippen molar-refractivity contribution in [2.24, 2.45) is 0 Å². The van der Waals surface area contributed by atoms with Crippen molar-refractivity contribution in [1.29, 1.82) is 5.26 Å². The zero-order chi connectivity index (χ0) is 22.5. The van der Waals surface area contributed by atoms with Gasteiger partial charge in [-0.1, -0.05) is 30.3 Å². The zero-order valence-electron chi connectivity index (χ0n) is 18.0. The number of pyridine rings is 1. The minimum absolute atomic E-state index is 0.0530. The van der Waals surface area contributed by atoms with Crippen molar-refractivity contribution in [2.45, 2.75) is 25.7 Å². The summed E-state index contributed by atoms with van der Waals surface area (Å²) in [6.45, 7) is 1.57. The van der Waals surface area contributed by atoms with Crippen LogP contribution in [0, 0.1) is 11.3 Å². The summed E-state index contributed by atoms with van der Waals surface area (Å²) in [7, 11) is 0. The van der Waals surface area contributed by atoms with Gasteiger partial charge >= 0.3 is 11.8 Å². The highest BCUT2D eigenvalue weighted by Crippen LogP contribution is 2.36. The molecule has 2 aromatic rings. The van der Waals surface area contributed by atoms with Crippen molar-refractivity contribution in [2.75, 3.05) is 44.2 Å². The van der Waals surface area contributed by atoms with E-state index in [0.717, 1.165) is 42.5 Å². The third kappa shape index (κ3) is 4.30. The molecule has 1 aliphatic heterocycles. The van der Waals surface area contributed by atoms with Crippen LogP contribution in [0.3, 0.4) is 0 Å². The van der Waals surface area contributed by atoms with Crippen LogP contribution in [-0.2, 0) is 22.4 Å². The summed E-state index contributed by atoms with van der Waals surface area (Å²) < 4.78 is 0. The first-order chi connectivity index (χ1) is 15.6. The van der Waals surface area contributed by atoms with E-state index in [2.05, 4.69) is 28.4 Å². The number of fused-ring (bicyclic) bond motifs is 1. The van der Waals surface area contributed by atoms with Crippen LogP contribution in [0.2, 0.25) is 0 Å². The maximum Gasteiger partial charge on any atom is 0.312 e. The Balaban J connectivity index is 1.61. The Hall–Kier alpha value is -3.44. The van der Waals surface area contributed by atoms with E-state index in [1.807, 2.05) is 18.2 Å². The second kappa shape index (κ2) is 9.79. The predicted octanol–water partition coefficient (Wildman–Crippen LogP) is 1.26. The topological polar surface area (TPSA) is 110 Å². The zero-order valence-corrected chi connectivity index (χ0v) is 18.0. The third-order valence-corrected chi connectivity index (χ3v) is 6.11. The Bertz CT molecular complexity index is 1040. The largest absolute Gasteiger partial charge is 0.395 e. The number of carbonyl (C=O) groups excluding carboxylic acids is 2. The van der Waals surface area contributed by atoms with Gasteiger partial charge in [0, 0.05) is 38.3 Å². The van der Waals surface area contributed by atoms with Crippen molar-refractivity contribution < 1.29 is 14.7 Å². The molecule has 0 radical (unpaired) electrons. The Kier molecular flexibility index (Phi) is 6.66. The Morgan fingerprint density at radius 1 is 1.06 bits per heavy atom. The van der Waals surface area contributed by atoms with Crippen LogP contribution in [0.5, 0.6) is 0 Å². The number of nitrogens with one attached hydrogen (secondary N) is 1. The van der Waals surface area contributed by atoms with Crippen molar-refractivity contribution in [1.82, 2.24) is 15.2 Å². The van der Waals surface area contributed by atoms with Gasteiger partial charge in [0.15, 0.2) is 0 Å². The van der Waals surface area contributed by atoms with Crippen molar-refractivity contribution in [3.63, 3.8) is 0 Å². The van der Waals surface area contributed by atoms with Gasteiger partial charge in [-0.15, -0.1) is 0 Å². The van der Waals surface area contributed by atoms with E-state index < -0.39 is 11.8 Å². The lowest BCUT2D eigenvalue weighted by atomic mass is 9.86. The molecule has 0 spiro atoms. The van der Waals surface area contributed by atoms with E-state index in [1.54, 1.807) is 0 Å². The smallest absolute Gasteiger partial charge is 0.312 e. The molecule has 0 atom stereocenters. The molecule has 32 heavy (non-hydrogen) atoms. The number of carbonyl (C=O) groups is 2. The van der Waals surface area contributed by atoms with Crippen LogP contribution in [0.15, 0.2) is 30.3 Å². The third-order valence-electron chi connectivity index (χ3n) is 6.11. The van der Waals surface area contributed by atoms with Gasteiger partial charge in [-0.3, -0.25) is 9.59 Å². The fourth-order valence-electron chi connectivity index (χ4n) is 4.50. The molecular formula is C24H27N5O3. The molecule has 166 valence electrons. The summed E-state index contributed by atoms with van der Waals surface area (Å²) >= 11 is 0. The van der Waals surface area contributed by atoms with Crippen LogP contribution in [0.4, 0.5) is 5.82 Å². The van der Waals surface area contributed by atoms with Gasteiger partial charge < -0.3 is 20.2 Å². The molecule has 4 rings (SSSR count). The highest BCUT2D eigenvalue weighted by molar-refractivity contribution is 6.35. The molecule has 0 unspecified atom stereocenters. The number of nitrogens with zero attached hydrogens (tertiary/aromatic N) is 4. The molecule has 2 aliphatic rings. The number of hydrogen-bond donors (Lipinski definition) is 2. The number of aromatic nitrogens is 1. The molecule has 2 heterocycles. The van der Waals surface area contributed by atoms with E-state index in [0.29, 0.717) is 37.6 Å². The maximum atomic E-state index is 12.3. The average Bonchev–Trinajstić information content (AvgIpc) is 2.86. The van der Waals surface area contributed by atoms with E-state index in [1.165, 1.54) is 10.5 Å². The normalized spacial score (nSPS) is 15.6. The second-order valence-corrected chi connectivity index (χ2v) is 8.06. The maximum absolute atomic E-state index is 12.3. The molecule has 8 heteroatoms. The number of aliphatic hydroxyl groups excluding tert-OH is 1. The van der Waals surface area contributed by atoms with E-state index in [4.69, 9.17) is 10.1 Å². The average molecular weight is 434 g/mol. The number of piperazine rings is 1. The van der Waals surface area contributed by atoms with Crippen LogP contribution in [0.1, 0.15) is 29.5 Å². The van der Waals surface area contributed by atoms with Gasteiger partial charge in [-0.2, -0.15) is 5.26 Å². The van der Waals surface area contributed by atoms with Gasteiger partial charge in [0.25, 0.3) is 0 Å². The fraction of sp³-hybridized carbons (Fsp3) is 0.417. The Morgan fingerprint density at radius 2 is 1.75 bits per heavy atom. The number of aliphatic hydroxyl groups is 1. The quantitative estimate of drug-likeness (QED) is 0.703. The summed E-state index contributed by atoms with van der Waals surface area (Å²) in [5, 5.41) is 21.2. The predicted molar refractivity (Wildman–Crippen MR) is 120 cm³/mol. The van der Waals surface area contributed by atoms with Crippen molar-refractivity contribution in [3.05, 3.63) is 47.0 Å². The van der Waals surface area contributed by atoms with E-state index >= 15 is 0 Å². The Labute approximate surface area is 187 Å². The molecule has 1 aliphatic carbocycles. The Morgan fingerprint density at radius 3 is 2.41 bits per heavy atom. The molecule has 8 nitrogen and oxygen atoms in total. The molecule has 2 amide bonds.